The van der Waals surface area contributed by atoms with Gasteiger partial charge in [-0.25, -0.2) is 0 Å². The van der Waals surface area contributed by atoms with Gasteiger partial charge in [0.15, 0.2) is 14.1 Å². The van der Waals surface area contributed by atoms with Gasteiger partial charge < -0.3 is 14.3 Å². The molecule has 2 heterocycles. The fraction of sp³-hybridized carbons (Fsp3) is 0.704. The summed E-state index contributed by atoms with van der Waals surface area (Å²) in [6.07, 6.45) is -0.862. The van der Waals surface area contributed by atoms with E-state index in [2.05, 4.69) is 40.8 Å². The summed E-state index contributed by atoms with van der Waals surface area (Å²) in [7, 11) is -0.509. The molecule has 1 aliphatic carbocycles. The van der Waals surface area contributed by atoms with Crippen molar-refractivity contribution in [2.24, 2.45) is 17.8 Å². The predicted molar refractivity (Wildman–Crippen MR) is 136 cm³/mol. The van der Waals surface area contributed by atoms with Crippen molar-refractivity contribution in [1.82, 2.24) is 0 Å². The molecule has 1 N–H and O–H groups in total. The van der Waals surface area contributed by atoms with Crippen LogP contribution < -0.4 is 9.64 Å². The molecule has 0 spiro atoms. The van der Waals surface area contributed by atoms with Gasteiger partial charge in [0, 0.05) is 17.9 Å². The molecule has 1 aromatic rings. The molecule has 2 aliphatic heterocycles. The van der Waals surface area contributed by atoms with Crippen LogP contribution in [0, 0.1) is 17.8 Å². The van der Waals surface area contributed by atoms with Crippen LogP contribution in [0.25, 0.3) is 0 Å². The van der Waals surface area contributed by atoms with Crippen molar-refractivity contribution in [3.63, 3.8) is 0 Å². The number of carbonyl (C=O) groups excluding carboxylic acids is 2. The van der Waals surface area contributed by atoms with Crippen LogP contribution in [0.3, 0.4) is 0 Å². The molecule has 7 heteroatoms. The van der Waals surface area contributed by atoms with Crippen molar-refractivity contribution >= 4 is 25.7 Å². The van der Waals surface area contributed by atoms with Crippen LogP contribution in [-0.4, -0.2) is 43.9 Å². The number of hydrogen-bond acceptors (Lipinski definition) is 5. The molecule has 3 aliphatic rings. The summed E-state index contributed by atoms with van der Waals surface area (Å²) < 4.78 is 12.7. The Hall–Kier alpha value is -1.70. The second kappa shape index (κ2) is 7.90. The monoisotopic (exact) mass is 487 g/mol. The molecule has 1 fully saturated rings. The zero-order valence-electron chi connectivity index (χ0n) is 22.4. The topological polar surface area (TPSA) is 76.1 Å². The molecular weight excluding hydrogens is 446 g/mol. The summed E-state index contributed by atoms with van der Waals surface area (Å²) in [5.41, 5.74) is 1.49. The molecule has 1 saturated heterocycles. The van der Waals surface area contributed by atoms with Gasteiger partial charge in [0.25, 0.3) is 0 Å². The zero-order chi connectivity index (χ0) is 25.5. The molecule has 0 bridgehead atoms. The zero-order valence-corrected chi connectivity index (χ0v) is 23.4. The van der Waals surface area contributed by atoms with Crippen LogP contribution >= 0.6 is 0 Å². The lowest BCUT2D eigenvalue weighted by atomic mass is 9.73. The molecule has 1 amide bonds. The first-order chi connectivity index (χ1) is 15.7. The van der Waals surface area contributed by atoms with E-state index in [0.717, 1.165) is 11.1 Å². The number of Topliss-reactive ketones (excluding diaryl/α,β-unsaturated/α-hetero) is 1. The lowest BCUT2D eigenvalue weighted by molar-refractivity contribution is -0.132. The van der Waals surface area contributed by atoms with Crippen LogP contribution in [0.1, 0.15) is 78.0 Å². The summed E-state index contributed by atoms with van der Waals surface area (Å²) in [4.78, 5) is 29.4. The van der Waals surface area contributed by atoms with E-state index in [4.69, 9.17) is 9.16 Å². The second-order valence-electron chi connectivity index (χ2n) is 12.2. The molecule has 0 unspecified atom stereocenters. The average Bonchev–Trinajstić information content (AvgIpc) is 3.11. The Kier molecular flexibility index (Phi) is 5.90. The highest BCUT2D eigenvalue weighted by Crippen LogP contribution is 2.61. The van der Waals surface area contributed by atoms with E-state index in [1.165, 1.54) is 0 Å². The number of benzene rings is 1. The Bertz CT molecular complexity index is 1030. The third-order valence-corrected chi connectivity index (χ3v) is 13.9. The van der Waals surface area contributed by atoms with Crippen molar-refractivity contribution in [1.29, 1.82) is 0 Å². The first-order valence-electron chi connectivity index (χ1n) is 12.6. The van der Waals surface area contributed by atoms with E-state index in [1.54, 1.807) is 18.9 Å². The summed E-state index contributed by atoms with van der Waals surface area (Å²) >= 11 is 0. The number of nitrogens with zero attached hydrogens (tertiary/aromatic N) is 1. The van der Waals surface area contributed by atoms with Crippen molar-refractivity contribution in [3.8, 4) is 5.75 Å². The van der Waals surface area contributed by atoms with Crippen molar-refractivity contribution < 1.29 is 23.9 Å². The number of amides is 1. The average molecular weight is 488 g/mol. The number of aliphatic hydroxyl groups is 1. The normalized spacial score (nSPS) is 35.3. The Morgan fingerprint density at radius 2 is 1.74 bits per heavy atom. The number of anilines is 1. The molecule has 0 aromatic heterocycles. The van der Waals surface area contributed by atoms with Gasteiger partial charge in [-0.1, -0.05) is 48.5 Å². The van der Waals surface area contributed by atoms with E-state index >= 15 is 0 Å². The molecule has 4 rings (SSSR count). The Morgan fingerprint density at radius 1 is 1.12 bits per heavy atom. The highest BCUT2D eigenvalue weighted by atomic mass is 28.4. The number of hydrogen-bond donors (Lipinski definition) is 1. The Balaban J connectivity index is 2.01. The summed E-state index contributed by atoms with van der Waals surface area (Å²) in [5.74, 6) is -0.660. The fourth-order valence-electron chi connectivity index (χ4n) is 6.41. The Labute approximate surface area is 205 Å². The summed E-state index contributed by atoms with van der Waals surface area (Å²) in [6.45, 7) is 18.9. The number of carbonyl (C=O) groups is 2. The van der Waals surface area contributed by atoms with Gasteiger partial charge in [0.2, 0.25) is 5.91 Å². The molecule has 34 heavy (non-hydrogen) atoms. The van der Waals surface area contributed by atoms with E-state index in [9.17, 15) is 14.7 Å². The van der Waals surface area contributed by atoms with E-state index in [1.807, 2.05) is 26.0 Å². The van der Waals surface area contributed by atoms with E-state index in [0.29, 0.717) is 17.9 Å². The molecule has 0 radical (unpaired) electrons. The van der Waals surface area contributed by atoms with Crippen molar-refractivity contribution in [2.75, 3.05) is 12.0 Å². The molecule has 0 saturated carbocycles. The standard InChI is InChI=1S/C27H41NO5Si/c1-11-27-23(29)15(3)20-14(2)22(33-34(9,10)26(5,6)7)18-12-17(32-8)13-19(21(18)20)28(27)25(31)16(4)24(27)30/h12-16,20,22,24,30H,11H2,1-10H3/t14-,15+,16-,20+,22-,24-,27+/m0/s1. The van der Waals surface area contributed by atoms with Gasteiger partial charge in [-0.2, -0.15) is 0 Å². The summed E-state index contributed by atoms with van der Waals surface area (Å²) in [6, 6.07) is 3.91. The van der Waals surface area contributed by atoms with Gasteiger partial charge in [-0.05, 0) is 47.7 Å². The van der Waals surface area contributed by atoms with E-state index < -0.39 is 25.9 Å². The first kappa shape index (κ1) is 25.4. The SMILES string of the molecule is CC[C@]12C(=O)[C@H](C)[C@@H]3c4c(cc(OC)cc4N1C(=O)[C@@H](C)[C@@H]2O)[C@@H](O[Si](C)(C)C(C)(C)C)[C@H]3C. The number of methoxy groups -OCH3 is 1. The first-order valence-corrected chi connectivity index (χ1v) is 15.5. The van der Waals surface area contributed by atoms with E-state index in [-0.39, 0.29) is 40.6 Å². The van der Waals surface area contributed by atoms with Gasteiger partial charge >= 0.3 is 0 Å². The van der Waals surface area contributed by atoms with Crippen LogP contribution in [0.2, 0.25) is 18.1 Å². The van der Waals surface area contributed by atoms with Crippen molar-refractivity contribution in [2.45, 2.75) is 96.7 Å². The molecule has 7 atom stereocenters. The number of ketones is 1. The maximum Gasteiger partial charge on any atom is 0.233 e. The third-order valence-electron chi connectivity index (χ3n) is 9.44. The highest BCUT2D eigenvalue weighted by Gasteiger charge is 2.65. The molecular formula is C27H41NO5Si. The highest BCUT2D eigenvalue weighted by molar-refractivity contribution is 6.74. The quantitative estimate of drug-likeness (QED) is 0.591. The second-order valence-corrected chi connectivity index (χ2v) is 16.9. The van der Waals surface area contributed by atoms with Gasteiger partial charge in [-0.15, -0.1) is 0 Å². The largest absolute Gasteiger partial charge is 0.497 e. The number of ether oxygens (including phenoxy) is 1. The minimum Gasteiger partial charge on any atom is -0.497 e. The fourth-order valence-corrected chi connectivity index (χ4v) is 7.74. The van der Waals surface area contributed by atoms with Crippen molar-refractivity contribution in [3.05, 3.63) is 23.3 Å². The lowest BCUT2D eigenvalue weighted by Gasteiger charge is -2.41. The number of fused-ring (bicyclic) bond motifs is 2. The third kappa shape index (κ3) is 3.12. The predicted octanol–water partition coefficient (Wildman–Crippen LogP) is 5.20. The maximum absolute atomic E-state index is 14.2. The minimum absolute atomic E-state index is 0.0347. The van der Waals surface area contributed by atoms with Crippen LogP contribution in [0.4, 0.5) is 5.69 Å². The summed E-state index contributed by atoms with van der Waals surface area (Å²) in [5, 5.41) is 11.3. The van der Waals surface area contributed by atoms with Crippen LogP contribution in [-0.2, 0) is 14.0 Å². The maximum atomic E-state index is 14.2. The molecule has 1 aromatic carbocycles. The minimum atomic E-state index is -2.13. The van der Waals surface area contributed by atoms with Gasteiger partial charge in [0.05, 0.1) is 30.9 Å². The Morgan fingerprint density at radius 3 is 2.26 bits per heavy atom. The molecule has 188 valence electrons. The van der Waals surface area contributed by atoms with Gasteiger partial charge in [0.1, 0.15) is 11.3 Å². The lowest BCUT2D eigenvalue weighted by Crippen LogP contribution is -2.59. The smallest absolute Gasteiger partial charge is 0.233 e. The number of rotatable bonds is 4. The van der Waals surface area contributed by atoms with Crippen LogP contribution in [0.5, 0.6) is 5.75 Å². The number of aliphatic hydroxyl groups excluding tert-OH is 1. The molecule has 6 nitrogen and oxygen atoms in total. The van der Waals surface area contributed by atoms with Crippen LogP contribution in [0.15, 0.2) is 12.1 Å². The van der Waals surface area contributed by atoms with Gasteiger partial charge in [-0.3, -0.25) is 14.5 Å².